The zero-order valence-corrected chi connectivity index (χ0v) is 12.4. The van der Waals surface area contributed by atoms with Gasteiger partial charge in [-0.25, -0.2) is 0 Å². The SMILES string of the molecule is CN=C(NCCO)NC1CCc2nnc(C(C)C)n2C1. The van der Waals surface area contributed by atoms with Crippen LogP contribution in [-0.2, 0) is 13.0 Å². The number of aliphatic hydroxyl groups excluding tert-OH is 1. The standard InChI is InChI=1S/C13H24N6O/c1-9(2)12-18-17-11-5-4-10(8-19(11)12)16-13(14-3)15-6-7-20/h9-10,20H,4-8H2,1-3H3,(H2,14,15,16). The second-order valence-corrected chi connectivity index (χ2v) is 5.34. The van der Waals surface area contributed by atoms with Crippen molar-refractivity contribution in [3.63, 3.8) is 0 Å². The monoisotopic (exact) mass is 280 g/mol. The van der Waals surface area contributed by atoms with E-state index in [1.807, 2.05) is 0 Å². The minimum atomic E-state index is 0.0957. The van der Waals surface area contributed by atoms with Crippen molar-refractivity contribution < 1.29 is 5.11 Å². The maximum atomic E-state index is 8.85. The molecule has 2 heterocycles. The van der Waals surface area contributed by atoms with Crippen LogP contribution in [0.2, 0.25) is 0 Å². The van der Waals surface area contributed by atoms with Crippen LogP contribution >= 0.6 is 0 Å². The molecule has 0 radical (unpaired) electrons. The van der Waals surface area contributed by atoms with Gasteiger partial charge < -0.3 is 20.3 Å². The lowest BCUT2D eigenvalue weighted by atomic mass is 10.1. The van der Waals surface area contributed by atoms with Gasteiger partial charge in [0, 0.05) is 38.5 Å². The summed E-state index contributed by atoms with van der Waals surface area (Å²) in [7, 11) is 1.74. The van der Waals surface area contributed by atoms with Crippen molar-refractivity contribution in [2.75, 3.05) is 20.2 Å². The van der Waals surface area contributed by atoms with Crippen molar-refractivity contribution in [2.45, 2.75) is 45.2 Å². The molecule has 0 aromatic carbocycles. The molecule has 1 unspecified atom stereocenters. The molecule has 0 saturated carbocycles. The zero-order valence-electron chi connectivity index (χ0n) is 12.4. The van der Waals surface area contributed by atoms with Gasteiger partial charge >= 0.3 is 0 Å². The predicted molar refractivity (Wildman–Crippen MR) is 77.8 cm³/mol. The molecule has 0 aliphatic carbocycles. The van der Waals surface area contributed by atoms with Crippen LogP contribution in [0.3, 0.4) is 0 Å². The van der Waals surface area contributed by atoms with E-state index in [9.17, 15) is 0 Å². The predicted octanol–water partition coefficient (Wildman–Crippen LogP) is -0.126. The van der Waals surface area contributed by atoms with E-state index >= 15 is 0 Å². The number of aryl methyl sites for hydroxylation is 1. The minimum Gasteiger partial charge on any atom is -0.395 e. The maximum Gasteiger partial charge on any atom is 0.191 e. The highest BCUT2D eigenvalue weighted by molar-refractivity contribution is 5.79. The number of aliphatic imine (C=N–C) groups is 1. The molecule has 0 spiro atoms. The van der Waals surface area contributed by atoms with Crippen LogP contribution in [0.1, 0.15) is 37.8 Å². The number of nitrogens with one attached hydrogen (secondary N) is 2. The molecule has 1 aromatic rings. The average Bonchev–Trinajstić information content (AvgIpc) is 2.86. The highest BCUT2D eigenvalue weighted by atomic mass is 16.3. The molecule has 1 aromatic heterocycles. The molecule has 112 valence electrons. The summed E-state index contributed by atoms with van der Waals surface area (Å²) in [4.78, 5) is 4.16. The highest BCUT2D eigenvalue weighted by Crippen LogP contribution is 2.19. The molecule has 7 heteroatoms. The quantitative estimate of drug-likeness (QED) is 0.528. The molecule has 0 amide bonds. The van der Waals surface area contributed by atoms with E-state index in [0.717, 1.165) is 37.0 Å². The van der Waals surface area contributed by atoms with Gasteiger partial charge in [0.25, 0.3) is 0 Å². The van der Waals surface area contributed by atoms with E-state index in [-0.39, 0.29) is 6.61 Å². The van der Waals surface area contributed by atoms with Crippen LogP contribution in [0, 0.1) is 0 Å². The Kier molecular flexibility index (Phi) is 4.94. The van der Waals surface area contributed by atoms with Gasteiger partial charge in [-0.2, -0.15) is 0 Å². The van der Waals surface area contributed by atoms with Crippen molar-refractivity contribution in [1.82, 2.24) is 25.4 Å². The van der Waals surface area contributed by atoms with Crippen LogP contribution in [0.4, 0.5) is 0 Å². The first kappa shape index (κ1) is 14.8. The molecular weight excluding hydrogens is 256 g/mol. The second kappa shape index (κ2) is 6.69. The number of guanidine groups is 1. The average molecular weight is 280 g/mol. The maximum absolute atomic E-state index is 8.85. The molecule has 1 atom stereocenters. The van der Waals surface area contributed by atoms with Gasteiger partial charge in [0.05, 0.1) is 6.61 Å². The van der Waals surface area contributed by atoms with Crippen LogP contribution in [-0.4, -0.2) is 52.1 Å². The molecular formula is C13H24N6O. The number of rotatable bonds is 4. The summed E-state index contributed by atoms with van der Waals surface area (Å²) in [5.74, 6) is 3.23. The molecule has 1 aliphatic heterocycles. The van der Waals surface area contributed by atoms with Gasteiger partial charge in [0.15, 0.2) is 5.96 Å². The minimum absolute atomic E-state index is 0.0957. The molecule has 20 heavy (non-hydrogen) atoms. The molecule has 1 aliphatic rings. The van der Waals surface area contributed by atoms with Gasteiger partial charge in [0.2, 0.25) is 0 Å². The first-order valence-electron chi connectivity index (χ1n) is 7.15. The summed E-state index contributed by atoms with van der Waals surface area (Å²) >= 11 is 0. The Hall–Kier alpha value is -1.63. The number of aliphatic hydroxyl groups is 1. The zero-order chi connectivity index (χ0) is 14.5. The topological polar surface area (TPSA) is 87.4 Å². The fourth-order valence-corrected chi connectivity index (χ4v) is 2.46. The summed E-state index contributed by atoms with van der Waals surface area (Å²) in [6.45, 7) is 5.72. The lowest BCUT2D eigenvalue weighted by Gasteiger charge is -2.27. The van der Waals surface area contributed by atoms with Gasteiger partial charge in [-0.1, -0.05) is 13.8 Å². The molecule has 3 N–H and O–H groups in total. The normalized spacial score (nSPS) is 19.1. The lowest BCUT2D eigenvalue weighted by Crippen LogP contribution is -2.47. The Balaban J connectivity index is 2.01. The summed E-state index contributed by atoms with van der Waals surface area (Å²) in [5, 5.41) is 23.9. The van der Waals surface area contributed by atoms with Gasteiger partial charge in [-0.15, -0.1) is 10.2 Å². The number of hydrogen-bond donors (Lipinski definition) is 3. The lowest BCUT2D eigenvalue weighted by molar-refractivity contribution is 0.299. The molecule has 0 bridgehead atoms. The summed E-state index contributed by atoms with van der Waals surface area (Å²) < 4.78 is 2.21. The highest BCUT2D eigenvalue weighted by Gasteiger charge is 2.24. The van der Waals surface area contributed by atoms with Crippen molar-refractivity contribution >= 4 is 5.96 Å². The van der Waals surface area contributed by atoms with Crippen LogP contribution in [0.25, 0.3) is 0 Å². The van der Waals surface area contributed by atoms with E-state index in [1.165, 1.54) is 0 Å². The van der Waals surface area contributed by atoms with Crippen molar-refractivity contribution in [2.24, 2.45) is 4.99 Å². The van der Waals surface area contributed by atoms with Crippen molar-refractivity contribution in [3.05, 3.63) is 11.6 Å². The van der Waals surface area contributed by atoms with Crippen LogP contribution < -0.4 is 10.6 Å². The Labute approximate surface area is 119 Å². The van der Waals surface area contributed by atoms with Crippen LogP contribution in [0.5, 0.6) is 0 Å². The van der Waals surface area contributed by atoms with E-state index in [2.05, 4.69) is 44.2 Å². The summed E-state index contributed by atoms with van der Waals surface area (Å²) in [6.07, 6.45) is 1.93. The van der Waals surface area contributed by atoms with E-state index in [0.29, 0.717) is 18.5 Å². The molecule has 7 nitrogen and oxygen atoms in total. The number of aromatic nitrogens is 3. The third kappa shape index (κ3) is 3.27. The summed E-state index contributed by atoms with van der Waals surface area (Å²) in [6, 6.07) is 0.306. The van der Waals surface area contributed by atoms with Crippen molar-refractivity contribution in [3.8, 4) is 0 Å². The largest absolute Gasteiger partial charge is 0.395 e. The molecule has 2 rings (SSSR count). The first-order chi connectivity index (χ1) is 9.65. The Bertz CT molecular complexity index is 467. The fourth-order valence-electron chi connectivity index (χ4n) is 2.46. The van der Waals surface area contributed by atoms with Crippen LogP contribution in [0.15, 0.2) is 4.99 Å². The van der Waals surface area contributed by atoms with E-state index in [4.69, 9.17) is 5.11 Å². The number of fused-ring (bicyclic) bond motifs is 1. The Morgan fingerprint density at radius 1 is 1.50 bits per heavy atom. The summed E-state index contributed by atoms with van der Waals surface area (Å²) in [5.41, 5.74) is 0. The second-order valence-electron chi connectivity index (χ2n) is 5.34. The molecule has 0 saturated heterocycles. The van der Waals surface area contributed by atoms with Gasteiger partial charge in [0.1, 0.15) is 11.6 Å². The van der Waals surface area contributed by atoms with E-state index in [1.54, 1.807) is 7.05 Å². The van der Waals surface area contributed by atoms with Gasteiger partial charge in [-0.05, 0) is 6.42 Å². The fraction of sp³-hybridized carbons (Fsp3) is 0.769. The Morgan fingerprint density at radius 3 is 2.95 bits per heavy atom. The number of nitrogens with zero attached hydrogens (tertiary/aromatic N) is 4. The Morgan fingerprint density at radius 2 is 2.30 bits per heavy atom. The first-order valence-corrected chi connectivity index (χ1v) is 7.15. The third-order valence-corrected chi connectivity index (χ3v) is 3.46. The van der Waals surface area contributed by atoms with E-state index < -0.39 is 0 Å². The smallest absolute Gasteiger partial charge is 0.191 e. The van der Waals surface area contributed by atoms with Crippen molar-refractivity contribution in [1.29, 1.82) is 0 Å². The molecule has 0 fully saturated rings. The van der Waals surface area contributed by atoms with Gasteiger partial charge in [-0.3, -0.25) is 4.99 Å². The third-order valence-electron chi connectivity index (χ3n) is 3.46. The number of hydrogen-bond acceptors (Lipinski definition) is 4.